The predicted octanol–water partition coefficient (Wildman–Crippen LogP) is 2.42. The van der Waals surface area contributed by atoms with Crippen LogP contribution in [0, 0.1) is 10.1 Å². The van der Waals surface area contributed by atoms with Crippen molar-refractivity contribution >= 4 is 5.69 Å². The van der Waals surface area contributed by atoms with Gasteiger partial charge in [-0.15, -0.1) is 0 Å². The first kappa shape index (κ1) is 15.2. The van der Waals surface area contributed by atoms with Crippen molar-refractivity contribution in [3.63, 3.8) is 0 Å². The number of nitrogens with zero attached hydrogens (tertiary/aromatic N) is 1. The van der Waals surface area contributed by atoms with E-state index in [2.05, 4.69) is 5.32 Å². The molecule has 0 heterocycles. The average molecular weight is 286 g/mol. The normalized spacial score (nSPS) is 10.5. The van der Waals surface area contributed by atoms with Gasteiger partial charge in [-0.05, 0) is 29.7 Å². The number of nitro groups is 1. The van der Waals surface area contributed by atoms with Crippen molar-refractivity contribution in [1.29, 1.82) is 0 Å². The number of hydrogen-bond acceptors (Lipinski definition) is 4. The van der Waals surface area contributed by atoms with Crippen molar-refractivity contribution in [1.82, 2.24) is 5.32 Å². The summed E-state index contributed by atoms with van der Waals surface area (Å²) in [4.78, 5) is 10.2. The van der Waals surface area contributed by atoms with Crippen LogP contribution >= 0.6 is 0 Å². The van der Waals surface area contributed by atoms with Crippen molar-refractivity contribution in [2.24, 2.45) is 0 Å². The van der Waals surface area contributed by atoms with E-state index in [0.717, 1.165) is 36.2 Å². The Morgan fingerprint density at radius 2 is 1.76 bits per heavy atom. The van der Waals surface area contributed by atoms with Crippen LogP contribution in [0.15, 0.2) is 48.5 Å². The molecule has 2 N–H and O–H groups in total. The van der Waals surface area contributed by atoms with Gasteiger partial charge in [-0.2, -0.15) is 0 Å². The maximum absolute atomic E-state index is 10.6. The number of nitrogens with one attached hydrogen (secondary N) is 1. The molecule has 2 aromatic rings. The molecular formula is C16H18N2O3. The number of aliphatic hydroxyl groups is 1. The smallest absolute Gasteiger partial charge is 0.269 e. The zero-order valence-electron chi connectivity index (χ0n) is 11.7. The molecule has 0 unspecified atom stereocenters. The van der Waals surface area contributed by atoms with Crippen molar-refractivity contribution in [3.05, 3.63) is 75.3 Å². The fraction of sp³-hybridized carbons (Fsp3) is 0.250. The summed E-state index contributed by atoms with van der Waals surface area (Å²) >= 11 is 0. The summed E-state index contributed by atoms with van der Waals surface area (Å²) in [5.74, 6) is 0. The number of nitro benzene ring substituents is 1. The molecule has 0 fully saturated rings. The van der Waals surface area contributed by atoms with E-state index >= 15 is 0 Å². The Morgan fingerprint density at radius 1 is 1.05 bits per heavy atom. The molecule has 0 aromatic heterocycles. The molecule has 110 valence electrons. The highest BCUT2D eigenvalue weighted by Gasteiger charge is 2.03. The molecule has 0 radical (unpaired) electrons. The van der Waals surface area contributed by atoms with Crippen LogP contribution in [0.5, 0.6) is 0 Å². The Hall–Kier alpha value is -2.24. The number of hydrogen-bond donors (Lipinski definition) is 2. The van der Waals surface area contributed by atoms with E-state index in [1.54, 1.807) is 12.1 Å². The Labute approximate surface area is 123 Å². The molecule has 0 bridgehead atoms. The van der Waals surface area contributed by atoms with Crippen LogP contribution < -0.4 is 5.32 Å². The van der Waals surface area contributed by atoms with Gasteiger partial charge in [-0.25, -0.2) is 0 Å². The standard InChI is InChI=1S/C16H18N2O3/c19-12-15-3-1-2-14(10-15)11-17-9-8-13-4-6-16(7-5-13)18(20)21/h1-7,10,17,19H,8-9,11-12H2. The second-order valence-electron chi connectivity index (χ2n) is 4.83. The van der Waals surface area contributed by atoms with Crippen LogP contribution in [0.25, 0.3) is 0 Å². The highest BCUT2D eigenvalue weighted by Crippen LogP contribution is 2.12. The van der Waals surface area contributed by atoms with Gasteiger partial charge in [-0.3, -0.25) is 10.1 Å². The summed E-state index contributed by atoms with van der Waals surface area (Å²) in [6.07, 6.45) is 0.817. The molecule has 0 aliphatic heterocycles. The van der Waals surface area contributed by atoms with Crippen LogP contribution in [-0.2, 0) is 19.6 Å². The maximum Gasteiger partial charge on any atom is 0.269 e. The van der Waals surface area contributed by atoms with Gasteiger partial charge in [0.2, 0.25) is 0 Å². The van der Waals surface area contributed by atoms with Crippen LogP contribution in [0.4, 0.5) is 5.69 Å². The van der Waals surface area contributed by atoms with E-state index < -0.39 is 4.92 Å². The molecule has 0 saturated heterocycles. The monoisotopic (exact) mass is 286 g/mol. The Kier molecular flexibility index (Phi) is 5.43. The summed E-state index contributed by atoms with van der Waals surface area (Å²) < 4.78 is 0. The number of benzene rings is 2. The molecular weight excluding hydrogens is 268 g/mol. The zero-order chi connectivity index (χ0) is 15.1. The third-order valence-corrected chi connectivity index (χ3v) is 3.24. The van der Waals surface area contributed by atoms with E-state index in [9.17, 15) is 10.1 Å². The summed E-state index contributed by atoms with van der Waals surface area (Å²) in [7, 11) is 0. The van der Waals surface area contributed by atoms with Gasteiger partial charge in [0.15, 0.2) is 0 Å². The summed E-state index contributed by atoms with van der Waals surface area (Å²) in [6.45, 7) is 1.58. The van der Waals surface area contributed by atoms with Crippen LogP contribution in [-0.4, -0.2) is 16.6 Å². The molecule has 0 atom stereocenters. The molecule has 21 heavy (non-hydrogen) atoms. The minimum atomic E-state index is -0.393. The van der Waals surface area contributed by atoms with E-state index in [4.69, 9.17) is 5.11 Å². The lowest BCUT2D eigenvalue weighted by atomic mass is 10.1. The molecule has 5 heteroatoms. The van der Waals surface area contributed by atoms with E-state index in [1.165, 1.54) is 12.1 Å². The average Bonchev–Trinajstić information content (AvgIpc) is 2.52. The first-order valence-electron chi connectivity index (χ1n) is 6.82. The van der Waals surface area contributed by atoms with Crippen LogP contribution in [0.1, 0.15) is 16.7 Å². The van der Waals surface area contributed by atoms with Gasteiger partial charge < -0.3 is 10.4 Å². The van der Waals surface area contributed by atoms with Gasteiger partial charge in [0.25, 0.3) is 5.69 Å². The van der Waals surface area contributed by atoms with Gasteiger partial charge >= 0.3 is 0 Å². The third kappa shape index (κ3) is 4.66. The number of aliphatic hydroxyl groups excluding tert-OH is 1. The predicted molar refractivity (Wildman–Crippen MR) is 80.9 cm³/mol. The quantitative estimate of drug-likeness (QED) is 0.465. The first-order valence-corrected chi connectivity index (χ1v) is 6.82. The minimum absolute atomic E-state index is 0.0522. The highest BCUT2D eigenvalue weighted by atomic mass is 16.6. The molecule has 0 amide bonds. The van der Waals surface area contributed by atoms with Crippen molar-refractivity contribution in [3.8, 4) is 0 Å². The molecule has 2 rings (SSSR count). The lowest BCUT2D eigenvalue weighted by Gasteiger charge is -2.06. The Bertz CT molecular complexity index is 597. The second-order valence-corrected chi connectivity index (χ2v) is 4.83. The summed E-state index contributed by atoms with van der Waals surface area (Å²) in [5, 5.41) is 23.0. The lowest BCUT2D eigenvalue weighted by Crippen LogP contribution is -2.16. The van der Waals surface area contributed by atoms with E-state index in [-0.39, 0.29) is 12.3 Å². The van der Waals surface area contributed by atoms with Crippen LogP contribution in [0.3, 0.4) is 0 Å². The largest absolute Gasteiger partial charge is 0.392 e. The lowest BCUT2D eigenvalue weighted by molar-refractivity contribution is -0.384. The zero-order valence-corrected chi connectivity index (χ0v) is 11.7. The minimum Gasteiger partial charge on any atom is -0.392 e. The number of non-ortho nitro benzene ring substituents is 1. The van der Waals surface area contributed by atoms with E-state index in [0.29, 0.717) is 0 Å². The third-order valence-electron chi connectivity index (χ3n) is 3.24. The fourth-order valence-corrected chi connectivity index (χ4v) is 2.09. The maximum atomic E-state index is 10.6. The van der Waals surface area contributed by atoms with E-state index in [1.807, 2.05) is 24.3 Å². The molecule has 2 aromatic carbocycles. The molecule has 0 spiro atoms. The molecule has 0 saturated carbocycles. The highest BCUT2D eigenvalue weighted by molar-refractivity contribution is 5.33. The number of rotatable bonds is 7. The summed E-state index contributed by atoms with van der Waals surface area (Å²) in [5.41, 5.74) is 3.22. The molecule has 5 nitrogen and oxygen atoms in total. The SMILES string of the molecule is O=[N+]([O-])c1ccc(CCNCc2cccc(CO)c2)cc1. The Morgan fingerprint density at radius 3 is 2.43 bits per heavy atom. The van der Waals surface area contributed by atoms with Gasteiger partial charge in [0.05, 0.1) is 11.5 Å². The van der Waals surface area contributed by atoms with Crippen molar-refractivity contribution in [2.45, 2.75) is 19.6 Å². The topological polar surface area (TPSA) is 75.4 Å². The molecule has 0 aliphatic carbocycles. The van der Waals surface area contributed by atoms with Crippen molar-refractivity contribution in [2.75, 3.05) is 6.54 Å². The second kappa shape index (κ2) is 7.52. The first-order chi connectivity index (χ1) is 10.2. The van der Waals surface area contributed by atoms with Gasteiger partial charge in [-0.1, -0.05) is 36.4 Å². The van der Waals surface area contributed by atoms with Crippen molar-refractivity contribution < 1.29 is 10.0 Å². The Balaban J connectivity index is 1.77. The van der Waals surface area contributed by atoms with Gasteiger partial charge in [0, 0.05) is 18.7 Å². The van der Waals surface area contributed by atoms with Crippen LogP contribution in [0.2, 0.25) is 0 Å². The van der Waals surface area contributed by atoms with Gasteiger partial charge in [0.1, 0.15) is 0 Å². The fourth-order valence-electron chi connectivity index (χ4n) is 2.09. The summed E-state index contributed by atoms with van der Waals surface area (Å²) in [6, 6.07) is 14.4. The molecule has 0 aliphatic rings.